The summed E-state index contributed by atoms with van der Waals surface area (Å²) < 4.78 is 2.20. The minimum Gasteiger partial charge on any atom is -0.478 e. The van der Waals surface area contributed by atoms with E-state index in [1.807, 2.05) is 0 Å². The molecular formula is C11H8BrNO3. The van der Waals surface area contributed by atoms with Crippen LogP contribution in [0.5, 0.6) is 0 Å². The molecule has 0 aliphatic carbocycles. The number of hydrogen-bond donors (Lipinski definition) is 1. The number of carboxylic acid groups (broad SMARTS) is 1. The van der Waals surface area contributed by atoms with Gasteiger partial charge in [0, 0.05) is 23.0 Å². The van der Waals surface area contributed by atoms with Crippen LogP contribution in [0.15, 0.2) is 33.5 Å². The number of aromatic carboxylic acids is 1. The molecule has 1 N–H and O–H groups in total. The van der Waals surface area contributed by atoms with Crippen LogP contribution in [0.4, 0.5) is 0 Å². The van der Waals surface area contributed by atoms with Crippen LogP contribution < -0.4 is 5.56 Å². The first-order valence-corrected chi connectivity index (χ1v) is 5.32. The van der Waals surface area contributed by atoms with E-state index in [2.05, 4.69) is 15.9 Å². The van der Waals surface area contributed by atoms with Crippen molar-refractivity contribution in [3.63, 3.8) is 0 Å². The monoisotopic (exact) mass is 281 g/mol. The molecule has 82 valence electrons. The molecule has 0 aliphatic heterocycles. The zero-order chi connectivity index (χ0) is 11.9. The van der Waals surface area contributed by atoms with Crippen molar-refractivity contribution < 1.29 is 9.90 Å². The molecule has 0 atom stereocenters. The number of rotatable bonds is 1. The Morgan fingerprint density at radius 3 is 2.69 bits per heavy atom. The number of aryl methyl sites for hydroxylation is 1. The van der Waals surface area contributed by atoms with E-state index in [0.717, 1.165) is 10.5 Å². The Balaban J connectivity index is 3.01. The van der Waals surface area contributed by atoms with Crippen molar-refractivity contribution in [1.82, 2.24) is 4.57 Å². The zero-order valence-electron chi connectivity index (χ0n) is 8.40. The summed E-state index contributed by atoms with van der Waals surface area (Å²) in [5, 5.41) is 9.57. The highest BCUT2D eigenvalue weighted by Crippen LogP contribution is 2.21. The number of carbonyl (C=O) groups is 1. The van der Waals surface area contributed by atoms with Gasteiger partial charge in [0.15, 0.2) is 0 Å². The Bertz CT molecular complexity index is 645. The number of carboxylic acids is 1. The van der Waals surface area contributed by atoms with Gasteiger partial charge in [0.2, 0.25) is 0 Å². The molecule has 5 heteroatoms. The van der Waals surface area contributed by atoms with Crippen LogP contribution >= 0.6 is 15.9 Å². The average Bonchev–Trinajstić information content (AvgIpc) is 2.22. The lowest BCUT2D eigenvalue weighted by Crippen LogP contribution is -2.18. The molecule has 2 aromatic rings. The summed E-state index contributed by atoms with van der Waals surface area (Å²) in [6, 6.07) is 6.32. The molecule has 1 aromatic heterocycles. The predicted octanol–water partition coefficient (Wildman–Crippen LogP) is 2.00. The third-order valence-corrected chi connectivity index (χ3v) is 2.93. The number of benzene rings is 1. The minimum atomic E-state index is -1.10. The first-order chi connectivity index (χ1) is 7.50. The van der Waals surface area contributed by atoms with E-state index in [1.54, 1.807) is 25.2 Å². The van der Waals surface area contributed by atoms with Crippen LogP contribution in [0, 0.1) is 0 Å². The molecule has 4 nitrogen and oxygen atoms in total. The third kappa shape index (κ3) is 1.63. The van der Waals surface area contributed by atoms with Gasteiger partial charge < -0.3 is 9.67 Å². The number of hydrogen-bond acceptors (Lipinski definition) is 2. The maximum atomic E-state index is 11.5. The third-order valence-electron chi connectivity index (χ3n) is 2.44. The van der Waals surface area contributed by atoms with Gasteiger partial charge in [-0.25, -0.2) is 4.79 Å². The van der Waals surface area contributed by atoms with Crippen LogP contribution in [0.2, 0.25) is 0 Å². The van der Waals surface area contributed by atoms with E-state index >= 15 is 0 Å². The van der Waals surface area contributed by atoms with Crippen molar-refractivity contribution in [2.75, 3.05) is 0 Å². The van der Waals surface area contributed by atoms with Gasteiger partial charge in [-0.2, -0.15) is 0 Å². The fourth-order valence-corrected chi connectivity index (χ4v) is 1.97. The Morgan fingerprint density at radius 1 is 1.38 bits per heavy atom. The van der Waals surface area contributed by atoms with E-state index in [9.17, 15) is 9.59 Å². The molecule has 0 fully saturated rings. The summed E-state index contributed by atoms with van der Waals surface area (Å²) in [6.45, 7) is 0. The van der Waals surface area contributed by atoms with Crippen molar-refractivity contribution in [3.05, 3.63) is 44.7 Å². The number of pyridine rings is 1. The minimum absolute atomic E-state index is 0.0272. The molecular weight excluding hydrogens is 274 g/mol. The molecule has 16 heavy (non-hydrogen) atoms. The van der Waals surface area contributed by atoms with Crippen molar-refractivity contribution in [2.24, 2.45) is 7.05 Å². The van der Waals surface area contributed by atoms with Crippen LogP contribution in [0.1, 0.15) is 10.4 Å². The summed E-state index contributed by atoms with van der Waals surface area (Å²) in [5.74, 6) is -1.10. The standard InChI is InChI=1S/C11H8BrNO3/c1-13-9-3-2-6(12)4-7(9)8(11(15)16)5-10(13)14/h2-5H,1H3,(H,15,16). The predicted molar refractivity (Wildman–Crippen MR) is 63.8 cm³/mol. The highest BCUT2D eigenvalue weighted by atomic mass is 79.9. The largest absolute Gasteiger partial charge is 0.478 e. The smallest absolute Gasteiger partial charge is 0.336 e. The van der Waals surface area contributed by atoms with Gasteiger partial charge in [0.25, 0.3) is 5.56 Å². The number of fused-ring (bicyclic) bond motifs is 1. The molecule has 0 saturated carbocycles. The van der Waals surface area contributed by atoms with Crippen molar-refractivity contribution >= 4 is 32.8 Å². The summed E-state index contributed by atoms with van der Waals surface area (Å²) in [7, 11) is 1.62. The second-order valence-corrected chi connectivity index (χ2v) is 4.34. The maximum absolute atomic E-state index is 11.5. The number of halogens is 1. The summed E-state index contributed by atoms with van der Waals surface area (Å²) in [5.41, 5.74) is 0.305. The number of nitrogens with zero attached hydrogens (tertiary/aromatic N) is 1. The van der Waals surface area contributed by atoms with Gasteiger partial charge in [-0.1, -0.05) is 15.9 Å². The maximum Gasteiger partial charge on any atom is 0.336 e. The van der Waals surface area contributed by atoms with Crippen LogP contribution in [-0.4, -0.2) is 15.6 Å². The lowest BCUT2D eigenvalue weighted by molar-refractivity contribution is 0.0699. The van der Waals surface area contributed by atoms with Gasteiger partial charge in [0.05, 0.1) is 11.1 Å². The topological polar surface area (TPSA) is 59.3 Å². The molecule has 0 aliphatic rings. The van der Waals surface area contributed by atoms with Gasteiger partial charge in [-0.05, 0) is 18.2 Å². The van der Waals surface area contributed by atoms with Gasteiger partial charge in [-0.15, -0.1) is 0 Å². The van der Waals surface area contributed by atoms with E-state index in [-0.39, 0.29) is 11.1 Å². The lowest BCUT2D eigenvalue weighted by Gasteiger charge is -2.07. The SMILES string of the molecule is Cn1c(=O)cc(C(=O)O)c2cc(Br)ccc21. The second kappa shape index (κ2) is 3.75. The first kappa shape index (κ1) is 10.9. The Hall–Kier alpha value is -1.62. The molecule has 0 radical (unpaired) electrons. The van der Waals surface area contributed by atoms with Crippen molar-refractivity contribution in [1.29, 1.82) is 0 Å². The lowest BCUT2D eigenvalue weighted by atomic mass is 10.1. The van der Waals surface area contributed by atoms with E-state index in [1.165, 1.54) is 4.57 Å². The van der Waals surface area contributed by atoms with Crippen LogP contribution in [0.3, 0.4) is 0 Å². The summed E-state index contributed by atoms with van der Waals surface area (Å²) >= 11 is 3.28. The molecule has 0 unspecified atom stereocenters. The fraction of sp³-hybridized carbons (Fsp3) is 0.0909. The fourth-order valence-electron chi connectivity index (χ4n) is 1.61. The van der Waals surface area contributed by atoms with Crippen LogP contribution in [-0.2, 0) is 7.05 Å². The second-order valence-electron chi connectivity index (χ2n) is 3.42. The Kier molecular flexibility index (Phi) is 2.55. The van der Waals surface area contributed by atoms with Crippen molar-refractivity contribution in [3.8, 4) is 0 Å². The molecule has 0 amide bonds. The molecule has 1 heterocycles. The highest BCUT2D eigenvalue weighted by molar-refractivity contribution is 9.10. The van der Waals surface area contributed by atoms with Gasteiger partial charge in [0.1, 0.15) is 0 Å². The molecule has 0 spiro atoms. The van der Waals surface area contributed by atoms with E-state index < -0.39 is 5.97 Å². The Morgan fingerprint density at radius 2 is 2.06 bits per heavy atom. The summed E-state index contributed by atoms with van der Waals surface area (Å²) in [6.07, 6.45) is 0. The summed E-state index contributed by atoms with van der Waals surface area (Å²) in [4.78, 5) is 22.6. The zero-order valence-corrected chi connectivity index (χ0v) is 9.98. The molecule has 0 saturated heterocycles. The molecule has 2 rings (SSSR count). The van der Waals surface area contributed by atoms with Gasteiger partial charge in [-0.3, -0.25) is 4.79 Å². The van der Waals surface area contributed by atoms with E-state index in [4.69, 9.17) is 5.11 Å². The molecule has 1 aromatic carbocycles. The number of aromatic nitrogens is 1. The highest BCUT2D eigenvalue weighted by Gasteiger charge is 2.12. The average molecular weight is 282 g/mol. The van der Waals surface area contributed by atoms with Crippen molar-refractivity contribution in [2.45, 2.75) is 0 Å². The quantitative estimate of drug-likeness (QED) is 0.870. The Labute approximate surface area is 99.3 Å². The van der Waals surface area contributed by atoms with E-state index in [0.29, 0.717) is 10.9 Å². The normalized spacial score (nSPS) is 10.6. The molecule has 0 bridgehead atoms. The van der Waals surface area contributed by atoms with Gasteiger partial charge >= 0.3 is 5.97 Å². The van der Waals surface area contributed by atoms with Crippen LogP contribution in [0.25, 0.3) is 10.9 Å². The first-order valence-electron chi connectivity index (χ1n) is 4.53.